The summed E-state index contributed by atoms with van der Waals surface area (Å²) in [6, 6.07) is 9.41. The summed E-state index contributed by atoms with van der Waals surface area (Å²) in [6.45, 7) is 0.220. The largest absolute Gasteiger partial charge is 0.416 e. The Hall–Kier alpha value is -1.57. The van der Waals surface area contributed by atoms with Crippen LogP contribution in [0.25, 0.3) is 0 Å². The highest BCUT2D eigenvalue weighted by molar-refractivity contribution is 7.99. The molecule has 0 saturated carbocycles. The van der Waals surface area contributed by atoms with Gasteiger partial charge in [-0.25, -0.2) is 0 Å². The maximum atomic E-state index is 13.2. The van der Waals surface area contributed by atoms with Crippen molar-refractivity contribution < 1.29 is 13.2 Å². The molecule has 4 N–H and O–H groups in total. The highest BCUT2D eigenvalue weighted by Gasteiger charge is 2.33. The van der Waals surface area contributed by atoms with E-state index in [0.29, 0.717) is 16.3 Å². The molecule has 0 spiro atoms. The lowest BCUT2D eigenvalue weighted by Gasteiger charge is -2.27. The van der Waals surface area contributed by atoms with Crippen molar-refractivity contribution >= 4 is 40.4 Å². The Bertz CT molecular complexity index is 748. The summed E-state index contributed by atoms with van der Waals surface area (Å²) in [7, 11) is 0. The number of halogens is 4. The van der Waals surface area contributed by atoms with Crippen LogP contribution < -0.4 is 16.4 Å². The monoisotopic (exact) mass is 373 g/mol. The van der Waals surface area contributed by atoms with E-state index in [1.165, 1.54) is 11.8 Å². The van der Waals surface area contributed by atoms with Crippen LogP contribution in [0.1, 0.15) is 5.56 Å². The molecule has 0 bridgehead atoms. The minimum absolute atomic E-state index is 0.200. The van der Waals surface area contributed by atoms with E-state index >= 15 is 0 Å². The van der Waals surface area contributed by atoms with Gasteiger partial charge in [-0.05, 0) is 24.3 Å². The highest BCUT2D eigenvalue weighted by atomic mass is 35.5. The van der Waals surface area contributed by atoms with Crippen LogP contribution in [0.15, 0.2) is 46.2 Å². The molecule has 8 heteroatoms. The quantitative estimate of drug-likeness (QED) is 0.570. The van der Waals surface area contributed by atoms with Crippen molar-refractivity contribution in [1.82, 2.24) is 0 Å². The van der Waals surface area contributed by atoms with Crippen molar-refractivity contribution in [3.63, 3.8) is 0 Å². The van der Waals surface area contributed by atoms with Crippen LogP contribution >= 0.6 is 23.4 Å². The Morgan fingerprint density at radius 3 is 2.62 bits per heavy atom. The van der Waals surface area contributed by atoms with Crippen LogP contribution in [-0.2, 0) is 6.18 Å². The first-order valence-electron chi connectivity index (χ1n) is 7.24. The summed E-state index contributed by atoms with van der Waals surface area (Å²) in [5.74, 6) is 0.200. The molecule has 1 aliphatic heterocycles. The lowest BCUT2D eigenvalue weighted by molar-refractivity contribution is -0.137. The molecule has 2 aromatic carbocycles. The highest BCUT2D eigenvalue weighted by Crippen LogP contribution is 2.49. The number of anilines is 3. The van der Waals surface area contributed by atoms with Gasteiger partial charge < -0.3 is 16.4 Å². The molecule has 0 aromatic heterocycles. The summed E-state index contributed by atoms with van der Waals surface area (Å²) < 4.78 is 39.7. The van der Waals surface area contributed by atoms with Gasteiger partial charge in [0.2, 0.25) is 0 Å². The van der Waals surface area contributed by atoms with Crippen molar-refractivity contribution in [3.05, 3.63) is 42.0 Å². The van der Waals surface area contributed by atoms with E-state index in [4.69, 9.17) is 17.3 Å². The fourth-order valence-corrected chi connectivity index (χ4v) is 3.66. The maximum absolute atomic E-state index is 13.2. The lowest BCUT2D eigenvalue weighted by Crippen LogP contribution is -2.31. The zero-order chi connectivity index (χ0) is 17.3. The first kappa shape index (κ1) is 17.3. The number of benzene rings is 2. The molecule has 128 valence electrons. The molecule has 1 aliphatic rings. The number of alkyl halides is 4. The Labute approximate surface area is 146 Å². The third-order valence-corrected chi connectivity index (χ3v) is 5.12. The van der Waals surface area contributed by atoms with Crippen LogP contribution in [0, 0.1) is 0 Å². The fraction of sp³-hybridized carbons (Fsp3) is 0.250. The van der Waals surface area contributed by atoms with Gasteiger partial charge in [0.15, 0.2) is 0 Å². The molecule has 0 amide bonds. The summed E-state index contributed by atoms with van der Waals surface area (Å²) >= 11 is 7.12. The average Bonchev–Trinajstić information content (AvgIpc) is 2.56. The number of hydrogen-bond donors (Lipinski definition) is 3. The Morgan fingerprint density at radius 2 is 1.96 bits per heavy atom. The molecule has 3 rings (SSSR count). The third kappa shape index (κ3) is 3.43. The summed E-state index contributed by atoms with van der Waals surface area (Å²) in [6.07, 6.45) is -4.43. The Morgan fingerprint density at radius 1 is 1.21 bits per heavy atom. The van der Waals surface area contributed by atoms with Crippen LogP contribution in [0.4, 0.5) is 30.2 Å². The number of rotatable bonds is 4. The van der Waals surface area contributed by atoms with Crippen molar-refractivity contribution in [1.29, 1.82) is 0 Å². The first-order chi connectivity index (χ1) is 11.4. The molecule has 2 aromatic rings. The predicted molar refractivity (Wildman–Crippen MR) is 92.5 cm³/mol. The molecule has 0 aliphatic carbocycles. The van der Waals surface area contributed by atoms with E-state index in [1.54, 1.807) is 0 Å². The van der Waals surface area contributed by atoms with Gasteiger partial charge in [-0.1, -0.05) is 23.9 Å². The molecule has 24 heavy (non-hydrogen) atoms. The minimum atomic E-state index is -4.43. The number of hydrogen-bond acceptors (Lipinski definition) is 4. The lowest BCUT2D eigenvalue weighted by atomic mass is 10.1. The van der Waals surface area contributed by atoms with Gasteiger partial charge in [0.1, 0.15) is 0 Å². The normalized spacial score (nSPS) is 14.4. The second kappa shape index (κ2) is 6.74. The zero-order valence-corrected chi connectivity index (χ0v) is 14.0. The van der Waals surface area contributed by atoms with Crippen molar-refractivity contribution in [2.75, 3.05) is 23.1 Å². The molecule has 0 saturated heterocycles. The maximum Gasteiger partial charge on any atom is 0.416 e. The smallest absolute Gasteiger partial charge is 0.378 e. The fourth-order valence-electron chi connectivity index (χ4n) is 2.39. The van der Waals surface area contributed by atoms with E-state index in [1.807, 2.05) is 24.3 Å². The van der Waals surface area contributed by atoms with Crippen LogP contribution in [-0.4, -0.2) is 18.5 Å². The third-order valence-electron chi connectivity index (χ3n) is 3.63. The van der Waals surface area contributed by atoms with Crippen LogP contribution in [0.5, 0.6) is 0 Å². The van der Waals surface area contributed by atoms with Crippen LogP contribution in [0.3, 0.4) is 0 Å². The second-order valence-electron chi connectivity index (χ2n) is 5.35. The number of para-hydroxylation sites is 1. The number of fused-ring (bicyclic) bond motifs is 2. The number of nitrogens with two attached hydrogens (primary N) is 1. The number of nitrogens with one attached hydrogen (secondary N) is 2. The molecule has 1 unspecified atom stereocenters. The van der Waals surface area contributed by atoms with Gasteiger partial charge in [0, 0.05) is 22.2 Å². The van der Waals surface area contributed by atoms with E-state index in [-0.39, 0.29) is 18.5 Å². The minimum Gasteiger partial charge on any atom is -0.378 e. The molecular weight excluding hydrogens is 359 g/mol. The predicted octanol–water partition coefficient (Wildman–Crippen LogP) is 4.89. The summed E-state index contributed by atoms with van der Waals surface area (Å²) in [4.78, 5) is 1.39. The first-order valence-corrected chi connectivity index (χ1v) is 8.59. The molecule has 3 nitrogen and oxygen atoms in total. The van der Waals surface area contributed by atoms with Gasteiger partial charge in [-0.3, -0.25) is 0 Å². The Kier molecular flexibility index (Phi) is 4.85. The van der Waals surface area contributed by atoms with E-state index in [9.17, 15) is 13.2 Å². The standard InChI is InChI=1S/C16H15ClF3N3S/c17-7-10(8-21)22-12-5-9(16(18,19)20)6-14-15(12)23-11-3-1-2-4-13(11)24-14/h1-6,10,22-23H,7-8,21H2. The molecular formula is C16H15ClF3N3S. The molecule has 1 heterocycles. The van der Waals surface area contributed by atoms with Crippen molar-refractivity contribution in [2.45, 2.75) is 22.0 Å². The van der Waals surface area contributed by atoms with Gasteiger partial charge in [0.05, 0.1) is 28.7 Å². The van der Waals surface area contributed by atoms with Gasteiger partial charge in [-0.15, -0.1) is 11.6 Å². The molecule has 1 atom stereocenters. The van der Waals surface area contributed by atoms with E-state index < -0.39 is 11.7 Å². The summed E-state index contributed by atoms with van der Waals surface area (Å²) in [5.41, 5.74) is 6.71. The molecule has 0 fully saturated rings. The van der Waals surface area contributed by atoms with Gasteiger partial charge in [0.25, 0.3) is 0 Å². The van der Waals surface area contributed by atoms with E-state index in [2.05, 4.69) is 10.6 Å². The van der Waals surface area contributed by atoms with Gasteiger partial charge >= 0.3 is 6.18 Å². The van der Waals surface area contributed by atoms with Crippen molar-refractivity contribution in [2.24, 2.45) is 5.73 Å². The SMILES string of the molecule is NCC(CCl)Nc1cc(C(F)(F)F)cc2c1Nc1ccccc1S2. The Balaban J connectivity index is 2.07. The van der Waals surface area contributed by atoms with Crippen LogP contribution in [0.2, 0.25) is 0 Å². The topological polar surface area (TPSA) is 50.1 Å². The van der Waals surface area contributed by atoms with Gasteiger partial charge in [-0.2, -0.15) is 13.2 Å². The van der Waals surface area contributed by atoms with Crippen molar-refractivity contribution in [3.8, 4) is 0 Å². The zero-order valence-electron chi connectivity index (χ0n) is 12.5. The molecule has 0 radical (unpaired) electrons. The van der Waals surface area contributed by atoms with E-state index in [0.717, 1.165) is 22.7 Å². The average molecular weight is 374 g/mol. The second-order valence-corrected chi connectivity index (χ2v) is 6.74. The summed E-state index contributed by atoms with van der Waals surface area (Å²) in [5, 5.41) is 6.22.